The Labute approximate surface area is 194 Å². The lowest BCUT2D eigenvalue weighted by Gasteiger charge is -2.10. The number of benzene rings is 2. The zero-order valence-electron chi connectivity index (χ0n) is 18.2. The van der Waals surface area contributed by atoms with Crippen LogP contribution in [0.3, 0.4) is 0 Å². The highest BCUT2D eigenvalue weighted by Crippen LogP contribution is 2.28. The number of nitrogens with one attached hydrogen (secondary N) is 1. The van der Waals surface area contributed by atoms with Crippen molar-refractivity contribution in [1.29, 1.82) is 0 Å². The first-order valence-electron chi connectivity index (χ1n) is 9.77. The number of aryl methyl sites for hydroxylation is 2. The second-order valence-electron chi connectivity index (χ2n) is 6.79. The van der Waals surface area contributed by atoms with E-state index in [1.54, 1.807) is 12.1 Å². The molecule has 0 fully saturated rings. The minimum Gasteiger partial charge on any atom is -0.493 e. The molecule has 1 heterocycles. The molecule has 0 bridgehead atoms. The molecule has 2 aromatic carbocycles. The molecule has 170 valence electrons. The fraction of sp³-hybridized carbons (Fsp3) is 0.174. The van der Waals surface area contributed by atoms with E-state index in [1.807, 2.05) is 19.9 Å². The Morgan fingerprint density at radius 2 is 1.82 bits per heavy atom. The number of ether oxygens (including phenoxy) is 2. The largest absolute Gasteiger partial charge is 0.493 e. The third kappa shape index (κ3) is 6.84. The number of hydrazone groups is 1. The fourth-order valence-electron chi connectivity index (χ4n) is 2.73. The number of hydrogen-bond acceptors (Lipinski definition) is 8. The highest BCUT2D eigenvalue weighted by molar-refractivity contribution is 7.99. The number of carbonyl (C=O) groups is 2. The predicted octanol–water partition coefficient (Wildman–Crippen LogP) is 3.70. The quantitative estimate of drug-likeness (QED) is 0.134. The van der Waals surface area contributed by atoms with Crippen molar-refractivity contribution in [2.24, 2.45) is 5.10 Å². The molecule has 1 N–H and O–H groups in total. The zero-order valence-corrected chi connectivity index (χ0v) is 19.0. The first kappa shape index (κ1) is 23.9. The third-order valence-corrected chi connectivity index (χ3v) is 5.03. The summed E-state index contributed by atoms with van der Waals surface area (Å²) in [5.41, 5.74) is 4.50. The van der Waals surface area contributed by atoms with E-state index >= 15 is 0 Å². The Kier molecular flexibility index (Phi) is 8.09. The summed E-state index contributed by atoms with van der Waals surface area (Å²) < 4.78 is 24.3. The average Bonchev–Trinajstić information content (AvgIpc) is 2.78. The van der Waals surface area contributed by atoms with Crippen molar-refractivity contribution in [3.63, 3.8) is 0 Å². The van der Waals surface area contributed by atoms with Crippen molar-refractivity contribution < 1.29 is 23.5 Å². The molecular formula is C23H21FN4O4S. The first-order chi connectivity index (χ1) is 15.9. The summed E-state index contributed by atoms with van der Waals surface area (Å²) in [6.07, 6.45) is 1.42. The lowest BCUT2D eigenvalue weighted by atomic mass is 10.2. The molecule has 0 unspecified atom stereocenters. The van der Waals surface area contributed by atoms with Gasteiger partial charge in [-0.1, -0.05) is 23.9 Å². The minimum atomic E-state index is -0.842. The van der Waals surface area contributed by atoms with Gasteiger partial charge in [-0.15, -0.1) is 0 Å². The standard InChI is InChI=1S/C23H21FN4O4S/c1-14-10-15(2)27-23(26-14)33-13-21(29)28-25-12-16-8-9-19(20(11-16)31-3)32-22(30)17-6-4-5-7-18(17)24/h4-12H,13H2,1-3H3,(H,28,29)/b25-12+. The second-order valence-corrected chi connectivity index (χ2v) is 7.74. The van der Waals surface area contributed by atoms with Crippen LogP contribution in [-0.4, -0.2) is 40.9 Å². The van der Waals surface area contributed by atoms with Crippen molar-refractivity contribution in [3.8, 4) is 11.5 Å². The molecule has 8 nitrogen and oxygen atoms in total. The van der Waals surface area contributed by atoms with Crippen LogP contribution in [0.5, 0.6) is 11.5 Å². The van der Waals surface area contributed by atoms with Gasteiger partial charge in [0.1, 0.15) is 5.82 Å². The van der Waals surface area contributed by atoms with Gasteiger partial charge in [0.2, 0.25) is 0 Å². The fourth-order valence-corrected chi connectivity index (χ4v) is 3.47. The summed E-state index contributed by atoms with van der Waals surface area (Å²) in [6.45, 7) is 3.73. The number of carbonyl (C=O) groups excluding carboxylic acids is 2. The average molecular weight is 469 g/mol. The molecule has 3 rings (SSSR count). The van der Waals surface area contributed by atoms with Crippen LogP contribution in [0.1, 0.15) is 27.3 Å². The molecule has 0 atom stereocenters. The van der Waals surface area contributed by atoms with E-state index in [2.05, 4.69) is 20.5 Å². The Bertz CT molecular complexity index is 1180. The zero-order chi connectivity index (χ0) is 23.8. The van der Waals surface area contributed by atoms with E-state index in [9.17, 15) is 14.0 Å². The molecule has 0 saturated carbocycles. The molecular weight excluding hydrogens is 447 g/mol. The molecule has 10 heteroatoms. The van der Waals surface area contributed by atoms with Crippen LogP contribution in [0.2, 0.25) is 0 Å². The van der Waals surface area contributed by atoms with Crippen LogP contribution >= 0.6 is 11.8 Å². The van der Waals surface area contributed by atoms with Crippen molar-refractivity contribution in [2.75, 3.05) is 12.9 Å². The van der Waals surface area contributed by atoms with Crippen LogP contribution in [0.15, 0.2) is 58.8 Å². The van der Waals surface area contributed by atoms with Crippen molar-refractivity contribution in [1.82, 2.24) is 15.4 Å². The number of methoxy groups -OCH3 is 1. The van der Waals surface area contributed by atoms with Gasteiger partial charge in [0, 0.05) is 11.4 Å². The Morgan fingerprint density at radius 1 is 1.09 bits per heavy atom. The monoisotopic (exact) mass is 468 g/mol. The van der Waals surface area contributed by atoms with Gasteiger partial charge in [0.25, 0.3) is 5.91 Å². The second kappa shape index (κ2) is 11.2. The summed E-state index contributed by atoms with van der Waals surface area (Å²) in [6, 6.07) is 12.1. The minimum absolute atomic E-state index is 0.106. The molecule has 1 aromatic heterocycles. The molecule has 3 aromatic rings. The summed E-state index contributed by atoms with van der Waals surface area (Å²) in [7, 11) is 1.41. The molecule has 1 amide bonds. The molecule has 0 spiro atoms. The molecule has 0 aliphatic carbocycles. The van der Waals surface area contributed by atoms with Gasteiger partial charge in [-0.2, -0.15) is 5.10 Å². The van der Waals surface area contributed by atoms with Crippen molar-refractivity contribution >= 4 is 29.9 Å². The number of hydrogen-bond donors (Lipinski definition) is 1. The number of rotatable bonds is 8. The molecule has 0 aliphatic heterocycles. The highest BCUT2D eigenvalue weighted by atomic mass is 32.2. The van der Waals surface area contributed by atoms with Gasteiger partial charge < -0.3 is 9.47 Å². The topological polar surface area (TPSA) is 103 Å². The van der Waals surface area contributed by atoms with E-state index in [1.165, 1.54) is 55.4 Å². The summed E-state index contributed by atoms with van der Waals surface area (Å²) in [5.74, 6) is -1.36. The smallest absolute Gasteiger partial charge is 0.346 e. The SMILES string of the molecule is COc1cc(/C=N/NC(=O)CSc2nc(C)cc(C)n2)ccc1OC(=O)c1ccccc1F. The molecule has 33 heavy (non-hydrogen) atoms. The first-order valence-corrected chi connectivity index (χ1v) is 10.8. The Hall–Kier alpha value is -3.79. The maximum atomic E-state index is 13.8. The van der Waals surface area contributed by atoms with Gasteiger partial charge in [-0.3, -0.25) is 4.79 Å². The molecule has 0 saturated heterocycles. The predicted molar refractivity (Wildman–Crippen MR) is 122 cm³/mol. The number of thioether (sulfide) groups is 1. The van der Waals surface area contributed by atoms with E-state index in [0.29, 0.717) is 10.7 Å². The van der Waals surface area contributed by atoms with Crippen LogP contribution in [0.4, 0.5) is 4.39 Å². The van der Waals surface area contributed by atoms with Gasteiger partial charge in [0.15, 0.2) is 16.7 Å². The van der Waals surface area contributed by atoms with E-state index in [-0.39, 0.29) is 28.7 Å². The van der Waals surface area contributed by atoms with Gasteiger partial charge in [-0.05, 0) is 55.8 Å². The number of esters is 1. The lowest BCUT2D eigenvalue weighted by molar-refractivity contribution is -0.118. The maximum absolute atomic E-state index is 13.8. The Morgan fingerprint density at radius 3 is 2.52 bits per heavy atom. The lowest BCUT2D eigenvalue weighted by Crippen LogP contribution is -2.19. The van der Waals surface area contributed by atoms with Crippen molar-refractivity contribution in [3.05, 3.63) is 76.9 Å². The highest BCUT2D eigenvalue weighted by Gasteiger charge is 2.16. The number of nitrogens with zero attached hydrogens (tertiary/aromatic N) is 3. The molecule has 0 radical (unpaired) electrons. The summed E-state index contributed by atoms with van der Waals surface area (Å²) in [4.78, 5) is 32.8. The number of aromatic nitrogens is 2. The van der Waals surface area contributed by atoms with Gasteiger partial charge in [-0.25, -0.2) is 24.6 Å². The third-order valence-electron chi connectivity index (χ3n) is 4.18. The summed E-state index contributed by atoms with van der Waals surface area (Å²) >= 11 is 1.21. The number of amides is 1. The Balaban J connectivity index is 1.58. The normalized spacial score (nSPS) is 10.8. The maximum Gasteiger partial charge on any atom is 0.346 e. The van der Waals surface area contributed by atoms with Gasteiger partial charge >= 0.3 is 5.97 Å². The van der Waals surface area contributed by atoms with Crippen LogP contribution < -0.4 is 14.9 Å². The van der Waals surface area contributed by atoms with E-state index in [0.717, 1.165) is 11.4 Å². The summed E-state index contributed by atoms with van der Waals surface area (Å²) in [5, 5.41) is 4.45. The van der Waals surface area contributed by atoms with Crippen LogP contribution in [0.25, 0.3) is 0 Å². The van der Waals surface area contributed by atoms with Crippen LogP contribution in [-0.2, 0) is 4.79 Å². The van der Waals surface area contributed by atoms with Crippen molar-refractivity contribution in [2.45, 2.75) is 19.0 Å². The van der Waals surface area contributed by atoms with Crippen LogP contribution in [0, 0.1) is 19.7 Å². The van der Waals surface area contributed by atoms with Gasteiger partial charge in [0.05, 0.1) is 24.6 Å². The van der Waals surface area contributed by atoms with E-state index < -0.39 is 11.8 Å². The molecule has 0 aliphatic rings. The number of halogens is 1. The van der Waals surface area contributed by atoms with E-state index in [4.69, 9.17) is 9.47 Å².